The lowest BCUT2D eigenvalue weighted by molar-refractivity contribution is 1.30. The molecule has 1 N–H and O–H groups in total. The molecule has 0 aliphatic heterocycles. The van der Waals surface area contributed by atoms with Crippen LogP contribution in [-0.4, -0.2) is 15.0 Å². The Morgan fingerprint density at radius 3 is 2.83 bits per heavy atom. The number of aromatic amines is 1. The van der Waals surface area contributed by atoms with Crippen molar-refractivity contribution in [3.8, 4) is 11.4 Å². The first-order valence-corrected chi connectivity index (χ1v) is 6.58. The molecule has 0 amide bonds. The summed E-state index contributed by atoms with van der Waals surface area (Å²) in [6.07, 6.45) is 1.76. The number of imidazole rings is 1. The summed E-state index contributed by atoms with van der Waals surface area (Å²) in [7, 11) is 0. The van der Waals surface area contributed by atoms with Crippen molar-refractivity contribution in [2.45, 2.75) is 6.92 Å². The van der Waals surface area contributed by atoms with Crippen LogP contribution >= 0.6 is 27.5 Å². The van der Waals surface area contributed by atoms with Gasteiger partial charge in [0.1, 0.15) is 5.82 Å². The van der Waals surface area contributed by atoms with Crippen molar-refractivity contribution in [1.29, 1.82) is 0 Å². The molecule has 0 unspecified atom stereocenters. The highest BCUT2D eigenvalue weighted by Crippen LogP contribution is 2.27. The Morgan fingerprint density at radius 1 is 1.28 bits per heavy atom. The van der Waals surface area contributed by atoms with Crippen molar-refractivity contribution in [2.75, 3.05) is 0 Å². The SMILES string of the molecule is Cc1ccnc2nc(-c3cc(Cl)cc(Br)c3)[nH]c12. The number of nitrogens with one attached hydrogen (secondary N) is 1. The molecule has 0 fully saturated rings. The molecule has 2 heterocycles. The van der Waals surface area contributed by atoms with Gasteiger partial charge in [0, 0.05) is 21.3 Å². The van der Waals surface area contributed by atoms with Crippen LogP contribution in [0.3, 0.4) is 0 Å². The van der Waals surface area contributed by atoms with Crippen LogP contribution in [0.15, 0.2) is 34.9 Å². The molecular weight excluding hydrogens is 314 g/mol. The summed E-state index contributed by atoms with van der Waals surface area (Å²) in [5, 5.41) is 0.671. The number of aryl methyl sites for hydroxylation is 1. The van der Waals surface area contributed by atoms with E-state index in [0.29, 0.717) is 5.02 Å². The van der Waals surface area contributed by atoms with Gasteiger partial charge in [-0.3, -0.25) is 0 Å². The third kappa shape index (κ3) is 2.02. The highest BCUT2D eigenvalue weighted by atomic mass is 79.9. The fourth-order valence-corrected chi connectivity index (χ4v) is 2.72. The minimum atomic E-state index is 0.671. The average molecular weight is 323 g/mol. The second-order valence-electron chi connectivity index (χ2n) is 4.07. The first-order chi connectivity index (χ1) is 8.63. The third-order valence-corrected chi connectivity index (χ3v) is 3.41. The number of aromatic nitrogens is 3. The van der Waals surface area contributed by atoms with Crippen LogP contribution in [0.4, 0.5) is 0 Å². The average Bonchev–Trinajstić information content (AvgIpc) is 2.73. The molecule has 0 saturated carbocycles. The van der Waals surface area contributed by atoms with Gasteiger partial charge in [-0.25, -0.2) is 9.97 Å². The number of halogens is 2. The Morgan fingerprint density at radius 2 is 2.11 bits per heavy atom. The Kier molecular flexibility index (Phi) is 2.84. The molecule has 0 atom stereocenters. The number of hydrogen-bond acceptors (Lipinski definition) is 2. The molecule has 2 aromatic heterocycles. The van der Waals surface area contributed by atoms with E-state index in [1.165, 1.54) is 0 Å². The summed E-state index contributed by atoms with van der Waals surface area (Å²) in [5.41, 5.74) is 3.75. The summed E-state index contributed by atoms with van der Waals surface area (Å²) >= 11 is 9.47. The highest BCUT2D eigenvalue weighted by molar-refractivity contribution is 9.10. The van der Waals surface area contributed by atoms with Crippen molar-refractivity contribution in [3.63, 3.8) is 0 Å². The first kappa shape index (κ1) is 11.7. The quantitative estimate of drug-likeness (QED) is 0.723. The molecule has 0 spiro atoms. The maximum absolute atomic E-state index is 6.04. The van der Waals surface area contributed by atoms with Crippen LogP contribution in [0.25, 0.3) is 22.6 Å². The molecule has 3 nitrogen and oxygen atoms in total. The van der Waals surface area contributed by atoms with Gasteiger partial charge < -0.3 is 4.98 Å². The van der Waals surface area contributed by atoms with Gasteiger partial charge in [0.2, 0.25) is 0 Å². The van der Waals surface area contributed by atoms with Gasteiger partial charge in [-0.15, -0.1) is 0 Å². The van der Waals surface area contributed by atoms with Gasteiger partial charge in [-0.1, -0.05) is 27.5 Å². The van der Waals surface area contributed by atoms with Crippen LogP contribution in [0, 0.1) is 6.92 Å². The topological polar surface area (TPSA) is 41.6 Å². The maximum Gasteiger partial charge on any atom is 0.178 e. The fourth-order valence-electron chi connectivity index (χ4n) is 1.86. The van der Waals surface area contributed by atoms with Crippen molar-refractivity contribution in [2.24, 2.45) is 0 Å². The molecule has 0 aliphatic rings. The summed E-state index contributed by atoms with van der Waals surface area (Å²) in [6.45, 7) is 2.03. The van der Waals surface area contributed by atoms with Crippen LogP contribution in [0.1, 0.15) is 5.56 Å². The Hall–Kier alpha value is -1.39. The lowest BCUT2D eigenvalue weighted by atomic mass is 10.2. The molecule has 3 aromatic rings. The lowest BCUT2D eigenvalue weighted by Crippen LogP contribution is -1.81. The van der Waals surface area contributed by atoms with E-state index in [0.717, 1.165) is 32.6 Å². The molecule has 0 aliphatic carbocycles. The van der Waals surface area contributed by atoms with Crippen molar-refractivity contribution >= 4 is 38.7 Å². The second-order valence-corrected chi connectivity index (χ2v) is 5.42. The summed E-state index contributed by atoms with van der Waals surface area (Å²) in [4.78, 5) is 12.0. The Bertz CT molecular complexity index is 716. The predicted octanol–water partition coefficient (Wildman–Crippen LogP) is 4.35. The third-order valence-electron chi connectivity index (χ3n) is 2.74. The number of nitrogens with zero attached hydrogens (tertiary/aromatic N) is 2. The van der Waals surface area contributed by atoms with E-state index in [4.69, 9.17) is 11.6 Å². The van der Waals surface area contributed by atoms with Gasteiger partial charge >= 0.3 is 0 Å². The van der Waals surface area contributed by atoms with Gasteiger partial charge in [0.15, 0.2) is 5.65 Å². The van der Waals surface area contributed by atoms with E-state index in [2.05, 4.69) is 30.9 Å². The fraction of sp³-hybridized carbons (Fsp3) is 0.0769. The summed E-state index contributed by atoms with van der Waals surface area (Å²) < 4.78 is 0.926. The minimum absolute atomic E-state index is 0.671. The number of hydrogen-bond donors (Lipinski definition) is 1. The standard InChI is InChI=1S/C13H9BrClN3/c1-7-2-3-16-13-11(7)17-12(18-13)8-4-9(14)6-10(15)5-8/h2-6H,1H3,(H,16,17,18). The van der Waals surface area contributed by atoms with E-state index in [9.17, 15) is 0 Å². The molecule has 1 aromatic carbocycles. The molecule has 5 heteroatoms. The Balaban J connectivity index is 2.22. The van der Waals surface area contributed by atoms with Crippen molar-refractivity contribution < 1.29 is 0 Å². The van der Waals surface area contributed by atoms with Crippen LogP contribution in [0.2, 0.25) is 5.02 Å². The molecule has 18 heavy (non-hydrogen) atoms. The molecule has 90 valence electrons. The molecule has 0 saturated heterocycles. The number of H-pyrrole nitrogens is 1. The highest BCUT2D eigenvalue weighted by Gasteiger charge is 2.09. The predicted molar refractivity (Wildman–Crippen MR) is 76.8 cm³/mol. The van der Waals surface area contributed by atoms with Crippen LogP contribution < -0.4 is 0 Å². The normalized spacial score (nSPS) is 11.1. The zero-order valence-corrected chi connectivity index (χ0v) is 11.9. The van der Waals surface area contributed by atoms with E-state index >= 15 is 0 Å². The molecular formula is C13H9BrClN3. The largest absolute Gasteiger partial charge is 0.336 e. The van der Waals surface area contributed by atoms with Crippen LogP contribution in [0.5, 0.6) is 0 Å². The van der Waals surface area contributed by atoms with Crippen LogP contribution in [-0.2, 0) is 0 Å². The van der Waals surface area contributed by atoms with Gasteiger partial charge in [-0.05, 0) is 36.8 Å². The number of rotatable bonds is 1. The zero-order chi connectivity index (χ0) is 12.7. The monoisotopic (exact) mass is 321 g/mol. The zero-order valence-electron chi connectivity index (χ0n) is 9.54. The van der Waals surface area contributed by atoms with E-state index in [-0.39, 0.29) is 0 Å². The number of fused-ring (bicyclic) bond motifs is 1. The summed E-state index contributed by atoms with van der Waals surface area (Å²) in [5.74, 6) is 0.773. The maximum atomic E-state index is 6.04. The molecule has 3 rings (SSSR count). The van der Waals surface area contributed by atoms with Gasteiger partial charge in [-0.2, -0.15) is 0 Å². The number of pyridine rings is 1. The van der Waals surface area contributed by atoms with Crippen molar-refractivity contribution in [3.05, 3.63) is 45.5 Å². The lowest BCUT2D eigenvalue weighted by Gasteiger charge is -1.99. The van der Waals surface area contributed by atoms with Gasteiger partial charge in [0.05, 0.1) is 5.52 Å². The first-order valence-electron chi connectivity index (χ1n) is 5.41. The smallest absolute Gasteiger partial charge is 0.178 e. The number of benzene rings is 1. The molecule has 0 radical (unpaired) electrons. The summed E-state index contributed by atoms with van der Waals surface area (Å²) in [6, 6.07) is 7.65. The Labute approximate surface area is 117 Å². The van der Waals surface area contributed by atoms with Crippen molar-refractivity contribution in [1.82, 2.24) is 15.0 Å². The minimum Gasteiger partial charge on any atom is -0.336 e. The van der Waals surface area contributed by atoms with Gasteiger partial charge in [0.25, 0.3) is 0 Å². The van der Waals surface area contributed by atoms with E-state index in [1.807, 2.05) is 31.2 Å². The second kappa shape index (κ2) is 4.37. The molecule has 0 bridgehead atoms. The van der Waals surface area contributed by atoms with E-state index in [1.54, 1.807) is 6.20 Å². The van der Waals surface area contributed by atoms with E-state index < -0.39 is 0 Å².